The molecule has 0 saturated carbocycles. The molecule has 168 valence electrons. The Labute approximate surface area is 201 Å². The number of carbonyl (C=O) groups excluding carboxylic acids is 1. The zero-order valence-electron chi connectivity index (χ0n) is 16.4. The van der Waals surface area contributed by atoms with E-state index >= 15 is 0 Å². The molecule has 1 aromatic rings. The first-order valence-electron chi connectivity index (χ1n) is 9.05. The number of nitrogens with zero attached hydrogens (tertiary/aromatic N) is 4. The topological polar surface area (TPSA) is 39.3 Å². The second-order valence-electron chi connectivity index (χ2n) is 6.83. The summed E-state index contributed by atoms with van der Waals surface area (Å²) < 4.78 is 5.46. The van der Waals surface area contributed by atoms with Gasteiger partial charge in [-0.3, -0.25) is 4.90 Å². The molecule has 6 nitrogen and oxygen atoms in total. The molecule has 0 atom stereocenters. The highest BCUT2D eigenvalue weighted by Crippen LogP contribution is 2.27. The summed E-state index contributed by atoms with van der Waals surface area (Å²) in [5, 5.41) is 1.10. The molecule has 0 aromatic heterocycles. The smallest absolute Gasteiger partial charge is 0.409 e. The second-order valence-corrected chi connectivity index (χ2v) is 7.65. The molecule has 0 spiro atoms. The lowest BCUT2D eigenvalue weighted by atomic mass is 10.2. The van der Waals surface area contributed by atoms with E-state index in [9.17, 15) is 4.79 Å². The number of hydrogen-bond donors (Lipinski definition) is 0. The van der Waals surface area contributed by atoms with Crippen molar-refractivity contribution < 1.29 is 9.53 Å². The summed E-state index contributed by atoms with van der Waals surface area (Å²) in [5.74, 6) is 0. The number of benzene rings is 1. The van der Waals surface area contributed by atoms with Crippen LogP contribution in [0.4, 0.5) is 10.5 Å². The second kappa shape index (κ2) is 13.9. The third-order valence-electron chi connectivity index (χ3n) is 5.04. The van der Waals surface area contributed by atoms with Gasteiger partial charge < -0.3 is 19.4 Å². The lowest BCUT2D eigenvalue weighted by Gasteiger charge is -2.36. The summed E-state index contributed by atoms with van der Waals surface area (Å²) in [4.78, 5) is 20.9. The van der Waals surface area contributed by atoms with Gasteiger partial charge in [-0.25, -0.2) is 4.79 Å². The number of rotatable bonds is 4. The van der Waals surface area contributed by atoms with Crippen molar-refractivity contribution >= 4 is 72.2 Å². The van der Waals surface area contributed by atoms with Gasteiger partial charge in [-0.15, -0.1) is 37.2 Å². The Morgan fingerprint density at radius 3 is 2.14 bits per heavy atom. The highest BCUT2D eigenvalue weighted by molar-refractivity contribution is 6.42. The molecular formula is C18H29Cl5N4O2. The van der Waals surface area contributed by atoms with E-state index in [0.717, 1.165) is 51.5 Å². The van der Waals surface area contributed by atoms with Crippen LogP contribution in [0.15, 0.2) is 18.2 Å². The predicted octanol–water partition coefficient (Wildman–Crippen LogP) is 3.76. The van der Waals surface area contributed by atoms with Crippen LogP contribution in [-0.4, -0.2) is 93.4 Å². The zero-order chi connectivity index (χ0) is 18.5. The summed E-state index contributed by atoms with van der Waals surface area (Å²) in [7, 11) is 2.13. The van der Waals surface area contributed by atoms with Gasteiger partial charge in [0.2, 0.25) is 0 Å². The van der Waals surface area contributed by atoms with E-state index in [1.807, 2.05) is 12.1 Å². The van der Waals surface area contributed by atoms with E-state index < -0.39 is 0 Å². The van der Waals surface area contributed by atoms with Crippen LogP contribution < -0.4 is 4.90 Å². The Balaban J connectivity index is 0.00000261. The number of amides is 1. The van der Waals surface area contributed by atoms with E-state index in [-0.39, 0.29) is 43.3 Å². The van der Waals surface area contributed by atoms with Crippen molar-refractivity contribution in [3.8, 4) is 0 Å². The Morgan fingerprint density at radius 1 is 0.931 bits per heavy atom. The molecule has 3 rings (SSSR count). The molecule has 29 heavy (non-hydrogen) atoms. The number of likely N-dealkylation sites (N-methyl/N-ethyl adjacent to an activating group) is 1. The van der Waals surface area contributed by atoms with Crippen LogP contribution in [0.1, 0.15) is 0 Å². The zero-order valence-corrected chi connectivity index (χ0v) is 20.4. The van der Waals surface area contributed by atoms with Crippen LogP contribution >= 0.6 is 60.4 Å². The molecule has 0 aliphatic carbocycles. The van der Waals surface area contributed by atoms with Gasteiger partial charge in [0.1, 0.15) is 6.61 Å². The Kier molecular flexibility index (Phi) is 13.7. The average molecular weight is 511 g/mol. The van der Waals surface area contributed by atoms with E-state index in [2.05, 4.69) is 21.7 Å². The molecule has 2 aliphatic rings. The lowest BCUT2D eigenvalue weighted by Crippen LogP contribution is -2.49. The van der Waals surface area contributed by atoms with Crippen molar-refractivity contribution in [1.82, 2.24) is 14.7 Å². The SMILES string of the molecule is CN1CCN(CCOC(=O)N2CCN(c3ccc(Cl)c(Cl)c3)CC2)CC1.Cl.Cl.Cl. The van der Waals surface area contributed by atoms with Crippen molar-refractivity contribution in [2.75, 3.05) is 77.5 Å². The Morgan fingerprint density at radius 2 is 1.55 bits per heavy atom. The van der Waals surface area contributed by atoms with E-state index in [1.165, 1.54) is 0 Å². The molecule has 2 heterocycles. The van der Waals surface area contributed by atoms with Crippen molar-refractivity contribution in [3.63, 3.8) is 0 Å². The molecule has 0 bridgehead atoms. The van der Waals surface area contributed by atoms with Crippen LogP contribution in [0, 0.1) is 0 Å². The third kappa shape index (κ3) is 8.37. The minimum absolute atomic E-state index is 0. The third-order valence-corrected chi connectivity index (χ3v) is 5.77. The number of carbonyl (C=O) groups is 1. The molecule has 2 saturated heterocycles. The van der Waals surface area contributed by atoms with Gasteiger partial charge >= 0.3 is 6.09 Å². The monoisotopic (exact) mass is 508 g/mol. The lowest BCUT2D eigenvalue weighted by molar-refractivity contribution is 0.0779. The molecule has 1 aromatic carbocycles. The van der Waals surface area contributed by atoms with Crippen molar-refractivity contribution in [3.05, 3.63) is 28.2 Å². The molecule has 1 amide bonds. The normalized spacial score (nSPS) is 17.6. The number of piperazine rings is 2. The van der Waals surface area contributed by atoms with Crippen LogP contribution in [0.3, 0.4) is 0 Å². The van der Waals surface area contributed by atoms with E-state index in [4.69, 9.17) is 27.9 Å². The molecule has 2 aliphatic heterocycles. The Hall–Kier alpha value is -0.340. The van der Waals surface area contributed by atoms with Crippen LogP contribution in [0.2, 0.25) is 10.0 Å². The minimum Gasteiger partial charge on any atom is -0.448 e. The minimum atomic E-state index is -0.215. The summed E-state index contributed by atoms with van der Waals surface area (Å²) in [6, 6.07) is 5.63. The number of anilines is 1. The van der Waals surface area contributed by atoms with Gasteiger partial charge in [0.05, 0.1) is 10.0 Å². The molecule has 0 unspecified atom stereocenters. The van der Waals surface area contributed by atoms with E-state index in [0.29, 0.717) is 29.7 Å². The fraction of sp³-hybridized carbons (Fsp3) is 0.611. The van der Waals surface area contributed by atoms with Gasteiger partial charge in [0.25, 0.3) is 0 Å². The largest absolute Gasteiger partial charge is 0.448 e. The maximum atomic E-state index is 12.3. The summed E-state index contributed by atoms with van der Waals surface area (Å²) in [5.41, 5.74) is 1.03. The summed E-state index contributed by atoms with van der Waals surface area (Å²) >= 11 is 12.1. The predicted molar refractivity (Wildman–Crippen MR) is 127 cm³/mol. The van der Waals surface area contributed by atoms with Crippen molar-refractivity contribution in [2.45, 2.75) is 0 Å². The first kappa shape index (κ1) is 28.7. The number of hydrogen-bond acceptors (Lipinski definition) is 5. The highest BCUT2D eigenvalue weighted by atomic mass is 35.5. The maximum absolute atomic E-state index is 12.3. The summed E-state index contributed by atoms with van der Waals surface area (Å²) in [6.07, 6.45) is -0.215. The van der Waals surface area contributed by atoms with Gasteiger partial charge in [-0.1, -0.05) is 23.2 Å². The quantitative estimate of drug-likeness (QED) is 0.617. The first-order chi connectivity index (χ1) is 12.5. The van der Waals surface area contributed by atoms with Crippen molar-refractivity contribution in [2.24, 2.45) is 0 Å². The number of halogens is 5. The Bertz CT molecular complexity index is 624. The summed E-state index contributed by atoms with van der Waals surface area (Å²) in [6.45, 7) is 8.29. The van der Waals surface area contributed by atoms with Crippen LogP contribution in [-0.2, 0) is 4.74 Å². The van der Waals surface area contributed by atoms with E-state index in [1.54, 1.807) is 11.0 Å². The molecule has 0 N–H and O–H groups in total. The van der Waals surface area contributed by atoms with Gasteiger partial charge in [0.15, 0.2) is 0 Å². The fourth-order valence-corrected chi connectivity index (χ4v) is 3.55. The number of ether oxygens (including phenoxy) is 1. The van der Waals surface area contributed by atoms with Gasteiger partial charge in [-0.05, 0) is 25.2 Å². The fourth-order valence-electron chi connectivity index (χ4n) is 3.25. The first-order valence-corrected chi connectivity index (χ1v) is 9.81. The standard InChI is InChI=1S/C18H26Cl2N4O2.3ClH/c1-21-4-6-22(7-5-21)12-13-26-18(25)24-10-8-23(9-11-24)15-2-3-16(19)17(20)14-15;;;/h2-3,14H,4-13H2,1H3;3*1H. The molecule has 0 radical (unpaired) electrons. The van der Waals surface area contributed by atoms with Gasteiger partial charge in [0, 0.05) is 64.6 Å². The van der Waals surface area contributed by atoms with Crippen LogP contribution in [0.5, 0.6) is 0 Å². The molecule has 2 fully saturated rings. The average Bonchev–Trinajstić information content (AvgIpc) is 2.65. The molecular weight excluding hydrogens is 481 g/mol. The maximum Gasteiger partial charge on any atom is 0.409 e. The van der Waals surface area contributed by atoms with Gasteiger partial charge in [-0.2, -0.15) is 0 Å². The molecule has 11 heteroatoms. The highest BCUT2D eigenvalue weighted by Gasteiger charge is 2.23. The van der Waals surface area contributed by atoms with Crippen LogP contribution in [0.25, 0.3) is 0 Å². The van der Waals surface area contributed by atoms with Crippen molar-refractivity contribution in [1.29, 1.82) is 0 Å².